The molecule has 0 bridgehead atoms. The van der Waals surface area contributed by atoms with E-state index in [0.717, 1.165) is 36.4 Å². The van der Waals surface area contributed by atoms with Crippen molar-refractivity contribution in [2.45, 2.75) is 44.7 Å². The highest BCUT2D eigenvalue weighted by molar-refractivity contribution is 7.89. The van der Waals surface area contributed by atoms with Gasteiger partial charge in [0.1, 0.15) is 0 Å². The fraction of sp³-hybridized carbons (Fsp3) is 0.750. The molecule has 3 heterocycles. The predicted molar refractivity (Wildman–Crippen MR) is 89.3 cm³/mol. The summed E-state index contributed by atoms with van der Waals surface area (Å²) in [4.78, 5) is 29.4. The second-order valence-electron chi connectivity index (χ2n) is 6.96. The first-order chi connectivity index (χ1) is 11.3. The summed E-state index contributed by atoms with van der Waals surface area (Å²) in [7, 11) is -1.73. The van der Waals surface area contributed by atoms with E-state index in [4.69, 9.17) is 0 Å². The lowest BCUT2D eigenvalue weighted by atomic mass is 9.95. The van der Waals surface area contributed by atoms with Crippen molar-refractivity contribution in [2.24, 2.45) is 5.92 Å². The Morgan fingerprint density at radius 2 is 2.08 bits per heavy atom. The van der Waals surface area contributed by atoms with Gasteiger partial charge in [0, 0.05) is 6.54 Å². The van der Waals surface area contributed by atoms with Gasteiger partial charge in [0.05, 0.1) is 30.0 Å². The van der Waals surface area contributed by atoms with Gasteiger partial charge in [-0.2, -0.15) is 0 Å². The van der Waals surface area contributed by atoms with E-state index in [1.165, 1.54) is 0 Å². The minimum atomic E-state index is -3.67. The molecule has 3 aliphatic heterocycles. The number of carbonyl (C=O) groups excluding carboxylic acids is 2. The Morgan fingerprint density at radius 1 is 1.38 bits per heavy atom. The lowest BCUT2D eigenvalue weighted by Gasteiger charge is -2.31. The molecule has 7 nitrogen and oxygen atoms in total. The summed E-state index contributed by atoms with van der Waals surface area (Å²) < 4.78 is 25.1. The van der Waals surface area contributed by atoms with E-state index in [0.29, 0.717) is 18.7 Å². The molecule has 3 rings (SSSR count). The van der Waals surface area contributed by atoms with E-state index in [1.807, 2.05) is 18.9 Å². The summed E-state index contributed by atoms with van der Waals surface area (Å²) in [5, 5.41) is 0. The molecule has 0 spiro atoms. The van der Waals surface area contributed by atoms with Crippen molar-refractivity contribution in [3.05, 3.63) is 11.8 Å². The Morgan fingerprint density at radius 3 is 2.62 bits per heavy atom. The second-order valence-corrected chi connectivity index (χ2v) is 8.80. The summed E-state index contributed by atoms with van der Waals surface area (Å²) >= 11 is 0. The van der Waals surface area contributed by atoms with E-state index < -0.39 is 27.9 Å². The summed E-state index contributed by atoms with van der Waals surface area (Å²) in [6, 6.07) is -0.601. The zero-order valence-corrected chi connectivity index (χ0v) is 15.3. The van der Waals surface area contributed by atoms with Crippen molar-refractivity contribution in [3.8, 4) is 0 Å². The minimum absolute atomic E-state index is 0.00973. The highest BCUT2D eigenvalue weighted by Gasteiger charge is 2.54. The van der Waals surface area contributed by atoms with E-state index in [2.05, 4.69) is 0 Å². The maximum Gasteiger partial charge on any atom is 0.246 e. The molecule has 8 heteroatoms. The first-order valence-electron chi connectivity index (χ1n) is 8.52. The van der Waals surface area contributed by atoms with Crippen LogP contribution >= 0.6 is 0 Å². The summed E-state index contributed by atoms with van der Waals surface area (Å²) in [5.74, 6) is -0.850. The molecule has 0 N–H and O–H groups in total. The quantitative estimate of drug-likeness (QED) is 0.729. The topological polar surface area (TPSA) is 78.0 Å². The van der Waals surface area contributed by atoms with Crippen molar-refractivity contribution in [1.29, 1.82) is 0 Å². The van der Waals surface area contributed by atoms with Crippen molar-refractivity contribution in [1.82, 2.24) is 14.1 Å². The van der Waals surface area contributed by atoms with E-state index in [9.17, 15) is 18.0 Å². The third-order valence-electron chi connectivity index (χ3n) is 5.29. The van der Waals surface area contributed by atoms with Crippen LogP contribution < -0.4 is 0 Å². The molecule has 0 aromatic rings. The van der Waals surface area contributed by atoms with Gasteiger partial charge in [0.25, 0.3) is 0 Å². The molecule has 0 aromatic carbocycles. The van der Waals surface area contributed by atoms with Gasteiger partial charge in [-0.15, -0.1) is 0 Å². The number of rotatable bonds is 4. The normalized spacial score (nSPS) is 30.9. The molecule has 0 saturated carbocycles. The van der Waals surface area contributed by atoms with Crippen LogP contribution in [0.5, 0.6) is 0 Å². The molecule has 2 amide bonds. The molecule has 0 aliphatic carbocycles. The van der Waals surface area contributed by atoms with Crippen LogP contribution in [0.2, 0.25) is 0 Å². The smallest absolute Gasteiger partial charge is 0.246 e. The van der Waals surface area contributed by atoms with Gasteiger partial charge in [0.2, 0.25) is 21.8 Å². The Labute approximate surface area is 143 Å². The molecule has 3 aliphatic rings. The molecule has 1 unspecified atom stereocenters. The number of nitrogens with zero attached hydrogens (tertiary/aromatic N) is 3. The van der Waals surface area contributed by atoms with Crippen LogP contribution in [0.25, 0.3) is 0 Å². The zero-order chi connectivity index (χ0) is 17.6. The van der Waals surface area contributed by atoms with Crippen LogP contribution in [0.15, 0.2) is 11.8 Å². The minimum Gasteiger partial charge on any atom is -0.328 e. The molecule has 2 saturated heterocycles. The van der Waals surface area contributed by atoms with Gasteiger partial charge in [-0.1, -0.05) is 13.3 Å². The van der Waals surface area contributed by atoms with Crippen LogP contribution in [0.1, 0.15) is 32.6 Å². The Bertz CT molecular complexity index is 687. The SMILES string of the molecule is CCC[C@H]1C(=O)N(S(C)(=O)=O)C2=CCN(C(=O)C3CCCN3C)[C@@H]21. The van der Waals surface area contributed by atoms with E-state index >= 15 is 0 Å². The van der Waals surface area contributed by atoms with Gasteiger partial charge in [0.15, 0.2) is 0 Å². The molecule has 24 heavy (non-hydrogen) atoms. The average Bonchev–Trinajstić information content (AvgIpc) is 3.14. The molecule has 0 radical (unpaired) electrons. The van der Waals surface area contributed by atoms with Crippen LogP contribution in [-0.4, -0.2) is 72.8 Å². The first kappa shape index (κ1) is 17.4. The second kappa shape index (κ2) is 6.15. The number of carbonyl (C=O) groups is 2. The van der Waals surface area contributed by atoms with Crippen LogP contribution in [0.4, 0.5) is 0 Å². The molecular weight excluding hydrogens is 330 g/mol. The van der Waals surface area contributed by atoms with Crippen molar-refractivity contribution >= 4 is 21.8 Å². The fourth-order valence-corrected chi connectivity index (χ4v) is 5.24. The lowest BCUT2D eigenvalue weighted by molar-refractivity contribution is -0.137. The standard InChI is InChI=1S/C16H25N3O4S/c1-4-6-11-14-12(19(15(11)20)24(3,22)23)8-10-18(14)16(21)13-7-5-9-17(13)2/h8,11,13-14H,4-7,9-10H2,1-3H3/t11-,13?,14-/m1/s1. The number of sulfonamides is 1. The maximum absolute atomic E-state index is 13.0. The Balaban J connectivity index is 1.92. The average molecular weight is 355 g/mol. The zero-order valence-electron chi connectivity index (χ0n) is 14.4. The lowest BCUT2D eigenvalue weighted by Crippen LogP contribution is -2.49. The summed E-state index contributed by atoms with van der Waals surface area (Å²) in [6.07, 6.45) is 5.92. The van der Waals surface area contributed by atoms with Crippen LogP contribution in [0.3, 0.4) is 0 Å². The monoisotopic (exact) mass is 355 g/mol. The van der Waals surface area contributed by atoms with Gasteiger partial charge < -0.3 is 4.90 Å². The van der Waals surface area contributed by atoms with Gasteiger partial charge >= 0.3 is 0 Å². The highest BCUT2D eigenvalue weighted by Crippen LogP contribution is 2.40. The van der Waals surface area contributed by atoms with Crippen molar-refractivity contribution in [2.75, 3.05) is 26.4 Å². The molecule has 134 valence electrons. The van der Waals surface area contributed by atoms with Crippen LogP contribution in [0, 0.1) is 5.92 Å². The van der Waals surface area contributed by atoms with Crippen molar-refractivity contribution < 1.29 is 18.0 Å². The maximum atomic E-state index is 13.0. The number of fused-ring (bicyclic) bond motifs is 1. The molecular formula is C16H25N3O4S. The summed E-state index contributed by atoms with van der Waals surface area (Å²) in [5.41, 5.74) is 0.468. The fourth-order valence-electron chi connectivity index (χ4n) is 4.21. The third kappa shape index (κ3) is 2.65. The molecule has 3 atom stereocenters. The van der Waals surface area contributed by atoms with E-state index in [-0.39, 0.29) is 11.9 Å². The van der Waals surface area contributed by atoms with Gasteiger partial charge in [-0.3, -0.25) is 14.5 Å². The predicted octanol–water partition coefficient (Wildman–Crippen LogP) is 0.393. The summed E-state index contributed by atoms with van der Waals surface area (Å²) in [6.45, 7) is 3.23. The van der Waals surface area contributed by atoms with E-state index in [1.54, 1.807) is 11.0 Å². The Kier molecular flexibility index (Phi) is 4.46. The number of likely N-dealkylation sites (tertiary alicyclic amines) is 1. The number of likely N-dealkylation sites (N-methyl/N-ethyl adjacent to an activating group) is 1. The van der Waals surface area contributed by atoms with Gasteiger partial charge in [-0.25, -0.2) is 12.7 Å². The highest BCUT2D eigenvalue weighted by atomic mass is 32.2. The number of hydrogen-bond acceptors (Lipinski definition) is 5. The number of amides is 2. The molecule has 2 fully saturated rings. The Hall–Kier alpha value is -1.41. The third-order valence-corrected chi connectivity index (χ3v) is 6.34. The first-order valence-corrected chi connectivity index (χ1v) is 10.4. The number of hydrogen-bond donors (Lipinski definition) is 0. The van der Waals surface area contributed by atoms with Crippen LogP contribution in [-0.2, 0) is 19.6 Å². The molecule has 0 aromatic heterocycles. The van der Waals surface area contributed by atoms with Gasteiger partial charge in [-0.05, 0) is 38.9 Å². The largest absolute Gasteiger partial charge is 0.328 e. The van der Waals surface area contributed by atoms with Crippen molar-refractivity contribution in [3.63, 3.8) is 0 Å².